The highest BCUT2D eigenvalue weighted by molar-refractivity contribution is 5.97. The zero-order valence-corrected chi connectivity index (χ0v) is 18.0. The molecule has 1 amide bonds. The van der Waals surface area contributed by atoms with Crippen molar-refractivity contribution in [3.63, 3.8) is 0 Å². The number of fused-ring (bicyclic) bond motifs is 1. The van der Waals surface area contributed by atoms with E-state index in [0.29, 0.717) is 6.42 Å². The molecule has 0 aliphatic rings. The topological polar surface area (TPSA) is 122 Å². The van der Waals surface area contributed by atoms with Gasteiger partial charge in [-0.2, -0.15) is 0 Å². The van der Waals surface area contributed by atoms with Gasteiger partial charge in [-0.1, -0.05) is 24.3 Å². The number of aromatic nitrogens is 2. The molecule has 0 saturated carbocycles. The number of carbonyl (C=O) groups is 2. The van der Waals surface area contributed by atoms with Crippen LogP contribution in [0.2, 0.25) is 0 Å². The predicted molar refractivity (Wildman–Crippen MR) is 123 cm³/mol. The summed E-state index contributed by atoms with van der Waals surface area (Å²) in [6.45, 7) is 2.04. The minimum absolute atomic E-state index is 0.0447. The third-order valence-electron chi connectivity index (χ3n) is 4.91. The molecular weight excluding hydrogens is 406 g/mol. The SMILES string of the molecule is CN=C/C(=C(\N)C(=O)O)N(Cc1ccc2ccc(C)nc2c1)C(=O)CCc1ccccn1. The Morgan fingerprint density at radius 3 is 2.66 bits per heavy atom. The van der Waals surface area contributed by atoms with Crippen molar-refractivity contribution in [3.05, 3.63) is 83.1 Å². The van der Waals surface area contributed by atoms with Gasteiger partial charge >= 0.3 is 5.97 Å². The number of amides is 1. The molecule has 0 aliphatic heterocycles. The molecule has 3 aromatic rings. The number of aryl methyl sites for hydroxylation is 2. The molecule has 2 heterocycles. The van der Waals surface area contributed by atoms with Gasteiger partial charge in [0.2, 0.25) is 5.91 Å². The number of aliphatic imine (C=N–C) groups is 1. The number of carboxylic acids is 1. The number of nitrogens with zero attached hydrogens (tertiary/aromatic N) is 4. The van der Waals surface area contributed by atoms with E-state index in [9.17, 15) is 14.7 Å². The van der Waals surface area contributed by atoms with Crippen LogP contribution in [0.4, 0.5) is 0 Å². The van der Waals surface area contributed by atoms with Crippen molar-refractivity contribution in [2.24, 2.45) is 10.7 Å². The van der Waals surface area contributed by atoms with E-state index in [-0.39, 0.29) is 24.6 Å². The fourth-order valence-corrected chi connectivity index (χ4v) is 3.29. The molecule has 0 aliphatic carbocycles. The Kier molecular flexibility index (Phi) is 7.28. The van der Waals surface area contributed by atoms with Crippen LogP contribution in [-0.2, 0) is 22.6 Å². The quantitative estimate of drug-likeness (QED) is 0.418. The van der Waals surface area contributed by atoms with Crippen molar-refractivity contribution in [1.29, 1.82) is 0 Å². The lowest BCUT2D eigenvalue weighted by Crippen LogP contribution is -2.34. The molecule has 0 radical (unpaired) electrons. The fraction of sp³-hybridized carbons (Fsp3) is 0.208. The number of aliphatic carboxylic acids is 1. The third kappa shape index (κ3) is 5.54. The summed E-state index contributed by atoms with van der Waals surface area (Å²) in [6.07, 6.45) is 3.51. The van der Waals surface area contributed by atoms with E-state index in [1.807, 2.05) is 49.4 Å². The predicted octanol–water partition coefficient (Wildman–Crippen LogP) is 2.86. The Morgan fingerprint density at radius 1 is 1.19 bits per heavy atom. The summed E-state index contributed by atoms with van der Waals surface area (Å²) in [5, 5.41) is 10.4. The number of allylic oxidation sites excluding steroid dienone is 1. The molecule has 3 rings (SSSR count). The molecule has 0 saturated heterocycles. The largest absolute Gasteiger partial charge is 0.477 e. The van der Waals surface area contributed by atoms with E-state index in [1.165, 1.54) is 18.2 Å². The maximum absolute atomic E-state index is 13.2. The number of carbonyl (C=O) groups excluding carboxylic acids is 1. The Bertz CT molecular complexity index is 1190. The van der Waals surface area contributed by atoms with E-state index in [0.717, 1.165) is 27.9 Å². The van der Waals surface area contributed by atoms with Crippen LogP contribution in [0.25, 0.3) is 10.9 Å². The molecule has 0 fully saturated rings. The first-order chi connectivity index (χ1) is 15.4. The maximum atomic E-state index is 13.2. The summed E-state index contributed by atoms with van der Waals surface area (Å²) in [6, 6.07) is 15.1. The van der Waals surface area contributed by atoms with Crippen LogP contribution in [-0.4, -0.2) is 45.1 Å². The highest BCUT2D eigenvalue weighted by atomic mass is 16.4. The van der Waals surface area contributed by atoms with Gasteiger partial charge in [0.15, 0.2) is 0 Å². The molecule has 164 valence electrons. The molecule has 1 aromatic carbocycles. The fourth-order valence-electron chi connectivity index (χ4n) is 3.29. The molecule has 0 unspecified atom stereocenters. The average molecular weight is 431 g/mol. The minimum atomic E-state index is -1.32. The van der Waals surface area contributed by atoms with Gasteiger partial charge in [-0.25, -0.2) is 4.79 Å². The number of hydrogen-bond acceptors (Lipinski definition) is 6. The summed E-state index contributed by atoms with van der Waals surface area (Å²) >= 11 is 0. The van der Waals surface area contributed by atoms with Crippen molar-refractivity contribution < 1.29 is 14.7 Å². The lowest BCUT2D eigenvalue weighted by Gasteiger charge is -2.24. The highest BCUT2D eigenvalue weighted by Crippen LogP contribution is 2.19. The number of benzene rings is 1. The number of rotatable bonds is 8. The molecule has 3 N–H and O–H groups in total. The highest BCUT2D eigenvalue weighted by Gasteiger charge is 2.23. The van der Waals surface area contributed by atoms with Crippen molar-refractivity contribution in [2.75, 3.05) is 7.05 Å². The van der Waals surface area contributed by atoms with Crippen LogP contribution in [0, 0.1) is 6.92 Å². The van der Waals surface area contributed by atoms with E-state index in [2.05, 4.69) is 15.0 Å². The van der Waals surface area contributed by atoms with Gasteiger partial charge < -0.3 is 15.7 Å². The van der Waals surface area contributed by atoms with Crippen LogP contribution in [0.15, 0.2) is 71.1 Å². The number of pyridine rings is 2. The second kappa shape index (κ2) is 10.3. The second-order valence-electron chi connectivity index (χ2n) is 7.27. The summed E-state index contributed by atoms with van der Waals surface area (Å²) in [4.78, 5) is 38.9. The van der Waals surface area contributed by atoms with Crippen molar-refractivity contribution in [2.45, 2.75) is 26.3 Å². The van der Waals surface area contributed by atoms with Crippen LogP contribution in [0.1, 0.15) is 23.4 Å². The number of nitrogens with two attached hydrogens (primary N) is 1. The van der Waals surface area contributed by atoms with E-state index in [1.54, 1.807) is 12.3 Å². The van der Waals surface area contributed by atoms with Gasteiger partial charge in [-0.3, -0.25) is 19.8 Å². The van der Waals surface area contributed by atoms with E-state index in [4.69, 9.17) is 5.73 Å². The first-order valence-corrected chi connectivity index (χ1v) is 10.1. The molecule has 2 aromatic heterocycles. The van der Waals surface area contributed by atoms with Gasteiger partial charge in [-0.05, 0) is 43.2 Å². The molecule has 0 atom stereocenters. The molecule has 8 nitrogen and oxygen atoms in total. The van der Waals surface area contributed by atoms with Gasteiger partial charge in [0.05, 0.1) is 17.8 Å². The third-order valence-corrected chi connectivity index (χ3v) is 4.91. The second-order valence-corrected chi connectivity index (χ2v) is 7.27. The zero-order valence-electron chi connectivity index (χ0n) is 18.0. The normalized spacial score (nSPS) is 12.1. The summed E-state index contributed by atoms with van der Waals surface area (Å²) in [5.41, 5.74) is 8.67. The number of hydrogen-bond donors (Lipinski definition) is 2. The minimum Gasteiger partial charge on any atom is -0.477 e. The lowest BCUT2D eigenvalue weighted by atomic mass is 10.1. The zero-order chi connectivity index (χ0) is 23.1. The van der Waals surface area contributed by atoms with Crippen molar-refractivity contribution in [1.82, 2.24) is 14.9 Å². The molecule has 0 spiro atoms. The van der Waals surface area contributed by atoms with Gasteiger partial charge in [0.1, 0.15) is 5.70 Å². The van der Waals surface area contributed by atoms with Crippen molar-refractivity contribution >= 4 is 29.0 Å². The Morgan fingerprint density at radius 2 is 1.97 bits per heavy atom. The molecule has 32 heavy (non-hydrogen) atoms. The lowest BCUT2D eigenvalue weighted by molar-refractivity contribution is -0.133. The van der Waals surface area contributed by atoms with Crippen LogP contribution >= 0.6 is 0 Å². The number of carboxylic acid groups (broad SMARTS) is 1. The van der Waals surface area contributed by atoms with Crippen LogP contribution < -0.4 is 5.73 Å². The van der Waals surface area contributed by atoms with Crippen LogP contribution in [0.3, 0.4) is 0 Å². The first kappa shape index (κ1) is 22.6. The van der Waals surface area contributed by atoms with Gasteiger partial charge in [-0.15, -0.1) is 0 Å². The van der Waals surface area contributed by atoms with Crippen molar-refractivity contribution in [3.8, 4) is 0 Å². The Hall–Kier alpha value is -4.07. The summed E-state index contributed by atoms with van der Waals surface area (Å²) in [7, 11) is 1.49. The maximum Gasteiger partial charge on any atom is 0.353 e. The average Bonchev–Trinajstić information content (AvgIpc) is 2.79. The molecule has 0 bridgehead atoms. The van der Waals surface area contributed by atoms with E-state index >= 15 is 0 Å². The monoisotopic (exact) mass is 431 g/mol. The van der Waals surface area contributed by atoms with E-state index < -0.39 is 11.7 Å². The molecule has 8 heteroatoms. The van der Waals surface area contributed by atoms with Gasteiger partial charge in [0, 0.05) is 42.7 Å². The smallest absolute Gasteiger partial charge is 0.353 e. The standard InChI is InChI=1S/C24H25N5O3/c1-16-6-8-18-9-7-17(13-20(18)28-16)15-29(21(14-26-2)23(25)24(31)32)22(30)11-10-19-5-3-4-12-27-19/h3-9,12-14H,10-11,15,25H2,1-2H3,(H,31,32)/b23-21+,26-14?. The van der Waals surface area contributed by atoms with Gasteiger partial charge in [0.25, 0.3) is 0 Å². The first-order valence-electron chi connectivity index (χ1n) is 10.1. The Labute approximate surface area is 186 Å². The summed E-state index contributed by atoms with van der Waals surface area (Å²) in [5.74, 6) is -1.61. The molecular formula is C24H25N5O3. The Balaban J connectivity index is 1.96. The van der Waals surface area contributed by atoms with Crippen LogP contribution in [0.5, 0.6) is 0 Å². The summed E-state index contributed by atoms with van der Waals surface area (Å²) < 4.78 is 0.